The minimum Gasteiger partial charge on any atom is -0.0914 e. The maximum Gasteiger partial charge on any atom is -0.0162 e. The molecule has 2 fully saturated rings. The van der Waals surface area contributed by atoms with Gasteiger partial charge in [-0.3, -0.25) is 0 Å². The lowest BCUT2D eigenvalue weighted by Crippen LogP contribution is -2.11. The van der Waals surface area contributed by atoms with E-state index in [4.69, 9.17) is 0 Å². The molecule has 47 heavy (non-hydrogen) atoms. The molecule has 0 aromatic heterocycles. The third kappa shape index (κ3) is 9.93. The molecule has 0 unspecified atom stereocenters. The zero-order chi connectivity index (χ0) is 32.8. The van der Waals surface area contributed by atoms with E-state index in [2.05, 4.69) is 149 Å². The van der Waals surface area contributed by atoms with Gasteiger partial charge < -0.3 is 0 Å². The van der Waals surface area contributed by atoms with Gasteiger partial charge in [-0.1, -0.05) is 142 Å². The van der Waals surface area contributed by atoms with Gasteiger partial charge in [0, 0.05) is 0 Å². The predicted octanol–water partition coefficient (Wildman–Crippen LogP) is 13.9. The molecule has 0 amide bonds. The molecule has 0 heteroatoms. The van der Waals surface area contributed by atoms with E-state index in [1.54, 1.807) is 0 Å². The molecular formula is C47H58. The number of aryl methyl sites for hydroxylation is 2. The van der Waals surface area contributed by atoms with Gasteiger partial charge in [0.1, 0.15) is 0 Å². The van der Waals surface area contributed by atoms with E-state index in [-0.39, 0.29) is 0 Å². The van der Waals surface area contributed by atoms with Gasteiger partial charge in [-0.05, 0) is 146 Å². The van der Waals surface area contributed by atoms with Crippen molar-refractivity contribution < 1.29 is 0 Å². The highest BCUT2D eigenvalue weighted by molar-refractivity contribution is 5.65. The van der Waals surface area contributed by atoms with E-state index < -0.39 is 0 Å². The van der Waals surface area contributed by atoms with Crippen molar-refractivity contribution >= 4 is 0 Å². The van der Waals surface area contributed by atoms with E-state index in [0.29, 0.717) is 0 Å². The van der Waals surface area contributed by atoms with Crippen LogP contribution in [0.15, 0.2) is 121 Å². The minimum atomic E-state index is 0.757. The summed E-state index contributed by atoms with van der Waals surface area (Å²) in [5.74, 6) is 3.14. The average molecular weight is 623 g/mol. The fourth-order valence-electron chi connectivity index (χ4n) is 7.82. The first kappa shape index (κ1) is 34.7. The Bertz CT molecular complexity index is 1500. The van der Waals surface area contributed by atoms with Crippen LogP contribution in [-0.2, 0) is 12.8 Å². The van der Waals surface area contributed by atoms with E-state index in [1.807, 2.05) is 0 Å². The second-order valence-corrected chi connectivity index (χ2v) is 14.0. The topological polar surface area (TPSA) is 0 Å². The molecule has 2 saturated carbocycles. The van der Waals surface area contributed by atoms with Crippen molar-refractivity contribution in [2.75, 3.05) is 0 Å². The van der Waals surface area contributed by atoms with Gasteiger partial charge in [0.2, 0.25) is 0 Å². The first-order valence-electron chi connectivity index (χ1n) is 18.7. The Morgan fingerprint density at radius 2 is 0.787 bits per heavy atom. The largest absolute Gasteiger partial charge is 0.0914 e. The Balaban J connectivity index is 0.000000185. The van der Waals surface area contributed by atoms with Gasteiger partial charge in [0.15, 0.2) is 0 Å². The Morgan fingerprint density at radius 3 is 1.11 bits per heavy atom. The van der Waals surface area contributed by atoms with Gasteiger partial charge in [-0.25, -0.2) is 0 Å². The van der Waals surface area contributed by atoms with Crippen LogP contribution in [0.5, 0.6) is 0 Å². The number of allylic oxidation sites excluding steroid dienone is 4. The number of hydrogen-bond acceptors (Lipinski definition) is 0. The minimum absolute atomic E-state index is 0.757. The fraction of sp³-hybridized carbons (Fsp3) is 0.404. The van der Waals surface area contributed by atoms with Crippen molar-refractivity contribution in [1.82, 2.24) is 0 Å². The molecule has 4 aromatic rings. The molecule has 0 spiro atoms. The molecule has 2 aliphatic carbocycles. The molecule has 0 radical (unpaired) electrons. The lowest BCUT2D eigenvalue weighted by atomic mass is 9.78. The summed E-state index contributed by atoms with van der Waals surface area (Å²) in [6, 6.07) is 36.7. The standard InChI is InChI=1S/C24H30.C23H28/c1-3-5-19-7-11-21(12-8-19)23-15-17-24(18-16-23)22-13-9-20(6-4-2)10-14-22;1-3-5-19-8-12-21(13-9-19)23-16-14-22(15-17-23)20-10-6-18(4-2)7-11-20/h3,5,9-10,13-19,21H,4,6-8,11-12H2,1-2H3;3,5-7,10-11,14-17,19,21H,4,8-9,12-13H2,1-2H3/b2*5-3+. The first-order chi connectivity index (χ1) is 23.1. The number of rotatable bonds is 9. The summed E-state index contributed by atoms with van der Waals surface area (Å²) in [6.45, 7) is 8.71. The molecule has 0 atom stereocenters. The maximum absolute atomic E-state index is 2.39. The van der Waals surface area contributed by atoms with Gasteiger partial charge in [-0.2, -0.15) is 0 Å². The third-order valence-electron chi connectivity index (χ3n) is 10.8. The molecule has 0 aliphatic heterocycles. The maximum atomic E-state index is 2.39. The lowest BCUT2D eigenvalue weighted by molar-refractivity contribution is 0.376. The summed E-state index contributed by atoms with van der Waals surface area (Å²) >= 11 is 0. The van der Waals surface area contributed by atoms with Crippen LogP contribution in [-0.4, -0.2) is 0 Å². The molecular weight excluding hydrogens is 565 g/mol. The van der Waals surface area contributed by atoms with Crippen LogP contribution in [0.25, 0.3) is 22.3 Å². The Kier molecular flexibility index (Phi) is 13.3. The van der Waals surface area contributed by atoms with Crippen molar-refractivity contribution in [2.24, 2.45) is 11.8 Å². The molecule has 0 N–H and O–H groups in total. The van der Waals surface area contributed by atoms with Gasteiger partial charge in [0.25, 0.3) is 0 Å². The average Bonchev–Trinajstić information content (AvgIpc) is 3.14. The van der Waals surface area contributed by atoms with Crippen LogP contribution in [0.3, 0.4) is 0 Å². The summed E-state index contributed by atoms with van der Waals surface area (Å²) in [5, 5.41) is 0. The summed E-state index contributed by atoms with van der Waals surface area (Å²) in [6.07, 6.45) is 23.4. The second kappa shape index (κ2) is 18.1. The normalized spacial score (nSPS) is 21.4. The SMILES string of the molecule is C/C=C/C1CCC(c2ccc(-c3ccc(CC)cc3)cc2)CC1.C/C=C/C1CCC(c2ccc(-c3ccc(CCC)cc3)cc2)CC1. The second-order valence-electron chi connectivity index (χ2n) is 14.0. The van der Waals surface area contributed by atoms with Gasteiger partial charge in [0.05, 0.1) is 0 Å². The van der Waals surface area contributed by atoms with Crippen LogP contribution in [0.2, 0.25) is 0 Å². The molecule has 246 valence electrons. The van der Waals surface area contributed by atoms with Crippen molar-refractivity contribution in [3.63, 3.8) is 0 Å². The van der Waals surface area contributed by atoms with Gasteiger partial charge in [-0.15, -0.1) is 0 Å². The molecule has 6 rings (SSSR count). The fourth-order valence-corrected chi connectivity index (χ4v) is 7.82. The zero-order valence-corrected chi connectivity index (χ0v) is 29.6. The van der Waals surface area contributed by atoms with Crippen LogP contribution >= 0.6 is 0 Å². The zero-order valence-electron chi connectivity index (χ0n) is 29.6. The lowest BCUT2D eigenvalue weighted by Gasteiger charge is -2.27. The Hall–Kier alpha value is -3.64. The summed E-state index contributed by atoms with van der Waals surface area (Å²) in [7, 11) is 0. The monoisotopic (exact) mass is 622 g/mol. The van der Waals surface area contributed by atoms with Crippen molar-refractivity contribution in [3.05, 3.63) is 144 Å². The van der Waals surface area contributed by atoms with Crippen molar-refractivity contribution in [2.45, 2.75) is 110 Å². The van der Waals surface area contributed by atoms with E-state index in [0.717, 1.165) is 30.1 Å². The van der Waals surface area contributed by atoms with Crippen molar-refractivity contribution in [3.8, 4) is 22.3 Å². The van der Waals surface area contributed by atoms with Crippen molar-refractivity contribution in [1.29, 1.82) is 0 Å². The predicted molar refractivity (Wildman–Crippen MR) is 206 cm³/mol. The van der Waals surface area contributed by atoms with E-state index in [9.17, 15) is 0 Å². The summed E-state index contributed by atoms with van der Waals surface area (Å²) in [4.78, 5) is 0. The highest BCUT2D eigenvalue weighted by Crippen LogP contribution is 2.38. The molecule has 0 saturated heterocycles. The quantitative estimate of drug-likeness (QED) is 0.163. The summed E-state index contributed by atoms with van der Waals surface area (Å²) in [5.41, 5.74) is 11.2. The summed E-state index contributed by atoms with van der Waals surface area (Å²) < 4.78 is 0. The highest BCUT2D eigenvalue weighted by Gasteiger charge is 2.21. The Morgan fingerprint density at radius 1 is 0.447 bits per heavy atom. The van der Waals surface area contributed by atoms with E-state index >= 15 is 0 Å². The molecule has 0 heterocycles. The Labute approximate surface area is 287 Å². The van der Waals surface area contributed by atoms with Crippen LogP contribution in [0.1, 0.15) is 120 Å². The molecule has 2 aliphatic rings. The molecule has 0 bridgehead atoms. The molecule has 0 nitrogen and oxygen atoms in total. The first-order valence-corrected chi connectivity index (χ1v) is 18.7. The van der Waals surface area contributed by atoms with Crippen LogP contribution in [0.4, 0.5) is 0 Å². The highest BCUT2D eigenvalue weighted by atomic mass is 14.3. The number of hydrogen-bond donors (Lipinski definition) is 0. The third-order valence-corrected chi connectivity index (χ3v) is 10.8. The van der Waals surface area contributed by atoms with Gasteiger partial charge >= 0.3 is 0 Å². The van der Waals surface area contributed by atoms with Crippen LogP contribution < -0.4 is 0 Å². The number of benzene rings is 4. The smallest absolute Gasteiger partial charge is 0.0162 e. The molecule has 4 aromatic carbocycles. The van der Waals surface area contributed by atoms with Crippen LogP contribution in [0, 0.1) is 11.8 Å². The van der Waals surface area contributed by atoms with E-state index in [1.165, 1.54) is 109 Å².